The van der Waals surface area contributed by atoms with Crippen molar-refractivity contribution in [3.05, 3.63) is 47.6 Å². The number of fused-ring (bicyclic) bond motifs is 1. The van der Waals surface area contributed by atoms with Crippen LogP contribution >= 0.6 is 0 Å². The predicted octanol–water partition coefficient (Wildman–Crippen LogP) is 1.80. The zero-order valence-electron chi connectivity index (χ0n) is 14.2. The van der Waals surface area contributed by atoms with Crippen molar-refractivity contribution in [2.24, 2.45) is 5.92 Å². The third-order valence-corrected chi connectivity index (χ3v) is 4.33. The number of carbonyl (C=O) groups is 3. The number of hydrogen-bond acceptors (Lipinski definition) is 6. The molecule has 0 aromatic carbocycles. The van der Waals surface area contributed by atoms with Crippen LogP contribution in [0.1, 0.15) is 26.2 Å². The monoisotopic (exact) mass is 346 g/mol. The second-order valence-electron chi connectivity index (χ2n) is 6.27. The van der Waals surface area contributed by atoms with Gasteiger partial charge in [0.1, 0.15) is 18.5 Å². The molecule has 1 heterocycles. The highest BCUT2D eigenvalue weighted by molar-refractivity contribution is 5.92. The molecule has 1 aliphatic heterocycles. The number of esters is 2. The predicted molar refractivity (Wildman–Crippen MR) is 90.4 cm³/mol. The first-order valence-corrected chi connectivity index (χ1v) is 8.08. The number of hydrogen-bond donors (Lipinski definition) is 1. The van der Waals surface area contributed by atoms with Crippen molar-refractivity contribution in [3.63, 3.8) is 0 Å². The molecule has 0 aromatic rings. The van der Waals surface area contributed by atoms with E-state index in [0.717, 1.165) is 0 Å². The molecule has 3 unspecified atom stereocenters. The summed E-state index contributed by atoms with van der Waals surface area (Å²) < 4.78 is 10.8. The van der Waals surface area contributed by atoms with Gasteiger partial charge in [0, 0.05) is 17.6 Å². The van der Waals surface area contributed by atoms with Crippen LogP contribution in [0, 0.1) is 5.92 Å². The van der Waals surface area contributed by atoms with E-state index < -0.39 is 30.1 Å². The second kappa shape index (κ2) is 8.07. The maximum atomic E-state index is 12.0. The van der Waals surface area contributed by atoms with E-state index in [2.05, 4.69) is 13.2 Å². The van der Waals surface area contributed by atoms with Crippen LogP contribution in [0.2, 0.25) is 0 Å². The number of aliphatic hydroxyl groups excluding tert-OH is 1. The topological polar surface area (TPSA) is 89.9 Å². The van der Waals surface area contributed by atoms with Gasteiger partial charge in [-0.2, -0.15) is 0 Å². The van der Waals surface area contributed by atoms with Gasteiger partial charge in [-0.25, -0.2) is 9.59 Å². The standard InChI is InChI=1S/C19H22O6/c1-11(2)18(22)24-15-7-13(9-20)5-4-6-14(10-21)8-16-17(15)12(3)19(23)25-16/h5,8-9,15-17,21H,1,3-4,6-7,10H2,2H3. The Kier molecular flexibility index (Phi) is 6.09. The fraction of sp³-hybridized carbons (Fsp3) is 0.421. The Balaban J connectivity index is 2.45. The fourth-order valence-electron chi connectivity index (χ4n) is 2.96. The first-order chi connectivity index (χ1) is 11.9. The van der Waals surface area contributed by atoms with Crippen LogP contribution in [0.15, 0.2) is 47.6 Å². The van der Waals surface area contributed by atoms with Crippen molar-refractivity contribution in [3.8, 4) is 0 Å². The molecule has 3 atom stereocenters. The minimum atomic E-state index is -0.793. The first kappa shape index (κ1) is 18.9. The minimum Gasteiger partial charge on any atom is -0.458 e. The van der Waals surface area contributed by atoms with Gasteiger partial charge in [0.25, 0.3) is 0 Å². The molecular weight excluding hydrogens is 324 g/mol. The van der Waals surface area contributed by atoms with Crippen LogP contribution in [0.4, 0.5) is 0 Å². The molecule has 0 saturated carbocycles. The van der Waals surface area contributed by atoms with E-state index >= 15 is 0 Å². The SMILES string of the molecule is C=C(C)C(=O)OC1CC(C=O)=CCCC(CO)=CC2OC(=O)C(=C)C21. The zero-order valence-corrected chi connectivity index (χ0v) is 14.2. The van der Waals surface area contributed by atoms with E-state index in [1.807, 2.05) is 0 Å². The Labute approximate surface area is 146 Å². The van der Waals surface area contributed by atoms with Crippen molar-refractivity contribution in [2.45, 2.75) is 38.4 Å². The van der Waals surface area contributed by atoms with Gasteiger partial charge in [-0.3, -0.25) is 4.79 Å². The molecule has 25 heavy (non-hydrogen) atoms. The lowest BCUT2D eigenvalue weighted by molar-refractivity contribution is -0.147. The molecule has 0 radical (unpaired) electrons. The number of carbonyl (C=O) groups excluding carboxylic acids is 3. The van der Waals surface area contributed by atoms with Crippen LogP contribution in [-0.2, 0) is 23.9 Å². The summed E-state index contributed by atoms with van der Waals surface area (Å²) in [4.78, 5) is 35.4. The summed E-state index contributed by atoms with van der Waals surface area (Å²) in [5.74, 6) is -1.81. The molecule has 2 aliphatic rings. The average Bonchev–Trinajstić information content (AvgIpc) is 2.85. The number of ether oxygens (including phenoxy) is 2. The normalized spacial score (nSPS) is 26.7. The molecule has 2 rings (SSSR count). The summed E-state index contributed by atoms with van der Waals surface area (Å²) in [5, 5.41) is 9.51. The molecule has 6 heteroatoms. The van der Waals surface area contributed by atoms with Gasteiger partial charge in [0.2, 0.25) is 0 Å². The lowest BCUT2D eigenvalue weighted by atomic mass is 9.85. The molecule has 6 nitrogen and oxygen atoms in total. The van der Waals surface area contributed by atoms with Gasteiger partial charge in [-0.15, -0.1) is 0 Å². The smallest absolute Gasteiger partial charge is 0.334 e. The summed E-state index contributed by atoms with van der Waals surface area (Å²) >= 11 is 0. The van der Waals surface area contributed by atoms with Crippen LogP contribution < -0.4 is 0 Å². The van der Waals surface area contributed by atoms with Crippen molar-refractivity contribution in [1.82, 2.24) is 0 Å². The van der Waals surface area contributed by atoms with E-state index in [1.54, 1.807) is 12.2 Å². The highest BCUT2D eigenvalue weighted by Crippen LogP contribution is 2.36. The minimum absolute atomic E-state index is 0.154. The van der Waals surface area contributed by atoms with Gasteiger partial charge in [0.15, 0.2) is 0 Å². The molecule has 1 fully saturated rings. The molecule has 0 spiro atoms. The highest BCUT2D eigenvalue weighted by atomic mass is 16.6. The largest absolute Gasteiger partial charge is 0.458 e. The van der Waals surface area contributed by atoms with Gasteiger partial charge in [-0.05, 0) is 37.0 Å². The summed E-state index contributed by atoms with van der Waals surface area (Å²) in [5.41, 5.74) is 1.55. The van der Waals surface area contributed by atoms with E-state index in [9.17, 15) is 19.5 Å². The highest BCUT2D eigenvalue weighted by Gasteiger charge is 2.44. The molecule has 0 amide bonds. The lowest BCUT2D eigenvalue weighted by Crippen LogP contribution is -2.34. The summed E-state index contributed by atoms with van der Waals surface area (Å²) in [7, 11) is 0. The lowest BCUT2D eigenvalue weighted by Gasteiger charge is -2.27. The quantitative estimate of drug-likeness (QED) is 0.361. The van der Waals surface area contributed by atoms with Crippen molar-refractivity contribution < 1.29 is 29.0 Å². The van der Waals surface area contributed by atoms with Crippen LogP contribution in [0.25, 0.3) is 0 Å². The van der Waals surface area contributed by atoms with E-state index in [-0.39, 0.29) is 24.2 Å². The second-order valence-corrected chi connectivity index (χ2v) is 6.27. The molecule has 134 valence electrons. The molecule has 0 bridgehead atoms. The average molecular weight is 346 g/mol. The zero-order chi connectivity index (χ0) is 18.6. The molecule has 1 aliphatic carbocycles. The van der Waals surface area contributed by atoms with Gasteiger partial charge in [-0.1, -0.05) is 19.2 Å². The number of allylic oxidation sites excluding steroid dienone is 1. The Morgan fingerprint density at radius 2 is 2.24 bits per heavy atom. The van der Waals surface area contributed by atoms with E-state index in [1.165, 1.54) is 6.92 Å². The summed E-state index contributed by atoms with van der Waals surface area (Å²) in [6.45, 7) is 8.65. The van der Waals surface area contributed by atoms with Crippen LogP contribution in [0.3, 0.4) is 0 Å². The Bertz CT molecular complexity index is 669. The molecule has 1 saturated heterocycles. The third kappa shape index (κ3) is 4.33. The van der Waals surface area contributed by atoms with Crippen molar-refractivity contribution in [1.29, 1.82) is 0 Å². The Hall–Kier alpha value is -2.47. The fourth-order valence-corrected chi connectivity index (χ4v) is 2.96. The number of rotatable bonds is 4. The third-order valence-electron chi connectivity index (χ3n) is 4.33. The van der Waals surface area contributed by atoms with E-state index in [4.69, 9.17) is 9.47 Å². The maximum Gasteiger partial charge on any atom is 0.334 e. The first-order valence-electron chi connectivity index (χ1n) is 8.08. The van der Waals surface area contributed by atoms with E-state index in [0.29, 0.717) is 30.3 Å². The Morgan fingerprint density at radius 3 is 2.84 bits per heavy atom. The summed E-state index contributed by atoms with van der Waals surface area (Å²) in [6, 6.07) is 0. The summed E-state index contributed by atoms with van der Waals surface area (Å²) in [6.07, 6.45) is 3.89. The van der Waals surface area contributed by atoms with Crippen molar-refractivity contribution >= 4 is 18.2 Å². The Morgan fingerprint density at radius 1 is 1.52 bits per heavy atom. The van der Waals surface area contributed by atoms with Crippen molar-refractivity contribution in [2.75, 3.05) is 6.61 Å². The number of aldehydes is 1. The van der Waals surface area contributed by atoms with Gasteiger partial charge in [0.05, 0.1) is 12.5 Å². The molecular formula is C19H22O6. The van der Waals surface area contributed by atoms with Gasteiger partial charge >= 0.3 is 11.9 Å². The van der Waals surface area contributed by atoms with Gasteiger partial charge < -0.3 is 14.6 Å². The van der Waals surface area contributed by atoms with Crippen LogP contribution in [0.5, 0.6) is 0 Å². The van der Waals surface area contributed by atoms with Crippen LogP contribution in [-0.4, -0.2) is 42.1 Å². The maximum absolute atomic E-state index is 12.0. The molecule has 0 aromatic heterocycles. The molecule has 1 N–H and O–H groups in total. The number of aliphatic hydroxyl groups is 1.